The van der Waals surface area contributed by atoms with E-state index in [1.807, 2.05) is 6.92 Å². The van der Waals surface area contributed by atoms with Gasteiger partial charge in [-0.15, -0.1) is 0 Å². The molecule has 0 saturated carbocycles. The van der Waals surface area contributed by atoms with Gasteiger partial charge in [0, 0.05) is 10.5 Å². The molecule has 4 N–H and O–H groups in total. The van der Waals surface area contributed by atoms with E-state index in [0.717, 1.165) is 0 Å². The second-order valence-electron chi connectivity index (χ2n) is 4.00. The van der Waals surface area contributed by atoms with Crippen molar-refractivity contribution >= 4 is 17.5 Å². The Balaban J connectivity index is 2.68. The first-order valence-electron chi connectivity index (χ1n) is 5.83. The maximum atomic E-state index is 13.5. The summed E-state index contributed by atoms with van der Waals surface area (Å²) in [6.07, 6.45) is 0.584. The Morgan fingerprint density at radius 2 is 2.10 bits per heavy atom. The number of nitrogens with zero attached hydrogens (tertiary/aromatic N) is 5. The Labute approximate surface area is 114 Å². The van der Waals surface area contributed by atoms with Gasteiger partial charge in [0.1, 0.15) is 11.6 Å². The van der Waals surface area contributed by atoms with E-state index in [1.54, 1.807) is 0 Å². The van der Waals surface area contributed by atoms with Gasteiger partial charge in [-0.1, -0.05) is 18.1 Å². The lowest BCUT2D eigenvalue weighted by atomic mass is 10.0. The number of nitrogen functional groups attached to an aromatic ring is 2. The van der Waals surface area contributed by atoms with Gasteiger partial charge in [0.2, 0.25) is 5.95 Å². The number of halogens is 1. The lowest BCUT2D eigenvalue weighted by Gasteiger charge is -2.11. The predicted octanol–water partition coefficient (Wildman–Crippen LogP) is 2.95. The summed E-state index contributed by atoms with van der Waals surface area (Å²) >= 11 is 0. The van der Waals surface area contributed by atoms with Crippen LogP contribution in [0.4, 0.5) is 21.8 Å². The highest BCUT2D eigenvalue weighted by Crippen LogP contribution is 2.32. The second kappa shape index (κ2) is 5.41. The molecule has 0 aliphatic carbocycles. The van der Waals surface area contributed by atoms with Crippen molar-refractivity contribution in [1.29, 1.82) is 0 Å². The molecule has 7 nitrogen and oxygen atoms in total. The minimum absolute atomic E-state index is 0.0838. The first kappa shape index (κ1) is 13.6. The van der Waals surface area contributed by atoms with Crippen LogP contribution >= 0.6 is 0 Å². The molecule has 0 amide bonds. The van der Waals surface area contributed by atoms with E-state index in [1.165, 1.54) is 18.2 Å². The number of nitrogens with two attached hydrogens (primary N) is 2. The van der Waals surface area contributed by atoms with E-state index in [-0.39, 0.29) is 17.5 Å². The Morgan fingerprint density at radius 3 is 2.75 bits per heavy atom. The lowest BCUT2D eigenvalue weighted by Crippen LogP contribution is -2.06. The Morgan fingerprint density at radius 1 is 1.35 bits per heavy atom. The number of benzene rings is 1. The third kappa shape index (κ3) is 2.45. The van der Waals surface area contributed by atoms with Crippen LogP contribution in [0.2, 0.25) is 0 Å². The first-order valence-corrected chi connectivity index (χ1v) is 5.83. The average Bonchev–Trinajstić information content (AvgIpc) is 2.41. The number of aryl methyl sites for hydroxylation is 1. The Bertz CT molecular complexity index is 707. The highest BCUT2D eigenvalue weighted by molar-refractivity contribution is 5.78. The topological polar surface area (TPSA) is 127 Å². The predicted molar refractivity (Wildman–Crippen MR) is 74.4 cm³/mol. The van der Waals surface area contributed by atoms with Crippen LogP contribution in [0, 0.1) is 5.82 Å². The average molecular weight is 273 g/mol. The molecule has 1 heterocycles. The van der Waals surface area contributed by atoms with Crippen molar-refractivity contribution in [3.8, 4) is 11.1 Å². The number of hydrogen-bond acceptors (Lipinski definition) is 5. The zero-order chi connectivity index (χ0) is 14.7. The maximum absolute atomic E-state index is 13.5. The number of hydrogen-bond donors (Lipinski definition) is 2. The molecule has 0 radical (unpaired) electrons. The van der Waals surface area contributed by atoms with Gasteiger partial charge in [-0.3, -0.25) is 0 Å². The molecule has 1 aromatic heterocycles. The van der Waals surface area contributed by atoms with Crippen LogP contribution in [-0.4, -0.2) is 9.97 Å². The Kier molecular flexibility index (Phi) is 3.67. The minimum Gasteiger partial charge on any atom is -0.383 e. The molecule has 102 valence electrons. The molecule has 0 atom stereocenters. The number of rotatable bonds is 3. The highest BCUT2D eigenvalue weighted by atomic mass is 19.1. The molecular weight excluding hydrogens is 261 g/mol. The van der Waals surface area contributed by atoms with Gasteiger partial charge in [-0.25, -0.2) is 9.37 Å². The van der Waals surface area contributed by atoms with Crippen LogP contribution in [0.3, 0.4) is 0 Å². The number of aromatic nitrogens is 2. The molecule has 8 heteroatoms. The Hall–Kier alpha value is -2.86. The summed E-state index contributed by atoms with van der Waals surface area (Å²) in [6, 6.07) is 4.13. The number of anilines is 2. The van der Waals surface area contributed by atoms with Crippen molar-refractivity contribution < 1.29 is 4.39 Å². The first-order chi connectivity index (χ1) is 9.56. The third-order valence-electron chi connectivity index (χ3n) is 2.75. The van der Waals surface area contributed by atoms with Gasteiger partial charge in [-0.2, -0.15) is 4.98 Å². The van der Waals surface area contributed by atoms with E-state index in [9.17, 15) is 4.39 Å². The molecule has 0 spiro atoms. The molecule has 2 aromatic rings. The monoisotopic (exact) mass is 273 g/mol. The van der Waals surface area contributed by atoms with Crippen LogP contribution in [0.25, 0.3) is 21.6 Å². The maximum Gasteiger partial charge on any atom is 0.222 e. The quantitative estimate of drug-likeness (QED) is 0.506. The SMILES string of the molecule is CCc1nc(N)nc(N)c1-c1ccc(F)c(N=[N+]=[N-])c1. The lowest BCUT2D eigenvalue weighted by molar-refractivity contribution is 0.630. The van der Waals surface area contributed by atoms with E-state index in [0.29, 0.717) is 23.2 Å². The van der Waals surface area contributed by atoms with Crippen molar-refractivity contribution in [2.24, 2.45) is 5.11 Å². The molecule has 0 unspecified atom stereocenters. The second-order valence-corrected chi connectivity index (χ2v) is 4.00. The van der Waals surface area contributed by atoms with Crippen LogP contribution in [-0.2, 0) is 6.42 Å². The smallest absolute Gasteiger partial charge is 0.222 e. The van der Waals surface area contributed by atoms with Crippen LogP contribution in [0.5, 0.6) is 0 Å². The summed E-state index contributed by atoms with van der Waals surface area (Å²) in [7, 11) is 0. The van der Waals surface area contributed by atoms with Gasteiger partial charge < -0.3 is 11.5 Å². The fraction of sp³-hybridized carbons (Fsp3) is 0.167. The van der Waals surface area contributed by atoms with Crippen molar-refractivity contribution in [2.75, 3.05) is 11.5 Å². The normalized spacial score (nSPS) is 10.1. The van der Waals surface area contributed by atoms with E-state index >= 15 is 0 Å². The summed E-state index contributed by atoms with van der Waals surface area (Å²) in [5.74, 6) is -0.326. The molecule has 0 aliphatic rings. The fourth-order valence-electron chi connectivity index (χ4n) is 1.91. The zero-order valence-corrected chi connectivity index (χ0v) is 10.7. The minimum atomic E-state index is -0.612. The van der Waals surface area contributed by atoms with Crippen molar-refractivity contribution in [3.63, 3.8) is 0 Å². The molecule has 1 aromatic carbocycles. The van der Waals surface area contributed by atoms with E-state index in [4.69, 9.17) is 17.0 Å². The van der Waals surface area contributed by atoms with Crippen LogP contribution in [0.15, 0.2) is 23.3 Å². The summed E-state index contributed by atoms with van der Waals surface area (Å²) in [6.45, 7) is 1.89. The van der Waals surface area contributed by atoms with Crippen LogP contribution in [0.1, 0.15) is 12.6 Å². The van der Waals surface area contributed by atoms with E-state index in [2.05, 4.69) is 20.0 Å². The van der Waals surface area contributed by atoms with Crippen molar-refractivity contribution in [1.82, 2.24) is 9.97 Å². The molecular formula is C12H12FN7. The largest absolute Gasteiger partial charge is 0.383 e. The van der Waals surface area contributed by atoms with Crippen molar-refractivity contribution in [2.45, 2.75) is 13.3 Å². The third-order valence-corrected chi connectivity index (χ3v) is 2.75. The number of azide groups is 1. The molecule has 20 heavy (non-hydrogen) atoms. The molecule has 0 saturated heterocycles. The van der Waals surface area contributed by atoms with Gasteiger partial charge >= 0.3 is 0 Å². The highest BCUT2D eigenvalue weighted by Gasteiger charge is 2.13. The van der Waals surface area contributed by atoms with Crippen LogP contribution < -0.4 is 11.5 Å². The molecule has 0 fully saturated rings. The molecule has 2 rings (SSSR count). The molecule has 0 aliphatic heterocycles. The van der Waals surface area contributed by atoms with Gasteiger partial charge in [0.15, 0.2) is 0 Å². The summed E-state index contributed by atoms with van der Waals surface area (Å²) < 4.78 is 13.5. The summed E-state index contributed by atoms with van der Waals surface area (Å²) in [4.78, 5) is 10.6. The van der Waals surface area contributed by atoms with Gasteiger partial charge in [0.05, 0.1) is 11.4 Å². The van der Waals surface area contributed by atoms with E-state index < -0.39 is 5.82 Å². The standard InChI is InChI=1S/C12H12FN7/c1-2-8-10(11(14)18-12(15)17-8)6-3-4-7(13)9(5-6)19-20-16/h3-5H,2H2,1H3,(H4,14,15,17,18). The van der Waals surface area contributed by atoms with Gasteiger partial charge in [0.25, 0.3) is 0 Å². The zero-order valence-electron chi connectivity index (χ0n) is 10.7. The molecule has 0 bridgehead atoms. The summed E-state index contributed by atoms with van der Waals surface area (Å²) in [5, 5.41) is 3.29. The fourth-order valence-corrected chi connectivity index (χ4v) is 1.91. The van der Waals surface area contributed by atoms with Gasteiger partial charge in [-0.05, 0) is 29.6 Å². The summed E-state index contributed by atoms with van der Waals surface area (Å²) in [5.41, 5.74) is 21.5. The van der Waals surface area contributed by atoms with Crippen molar-refractivity contribution in [3.05, 3.63) is 40.2 Å².